The Balaban J connectivity index is 2.01. The van der Waals surface area contributed by atoms with Crippen molar-refractivity contribution < 1.29 is 9.21 Å². The van der Waals surface area contributed by atoms with E-state index in [4.69, 9.17) is 4.42 Å². The molecule has 0 saturated heterocycles. The maximum atomic E-state index is 11.9. The van der Waals surface area contributed by atoms with E-state index in [1.54, 1.807) is 11.3 Å². The normalized spacial score (nSPS) is 10.6. The largest absolute Gasteiger partial charge is 0.466 e. The number of Topliss-reactive ketones (excluding diaryl/α,β-unsaturated/α-hetero) is 1. The summed E-state index contributed by atoms with van der Waals surface area (Å²) in [4.78, 5) is 11.9. The average molecular weight is 234 g/mol. The molecule has 2 aromatic heterocycles. The maximum Gasteiger partial charge on any atom is 0.166 e. The Morgan fingerprint density at radius 3 is 2.81 bits per heavy atom. The van der Waals surface area contributed by atoms with E-state index in [-0.39, 0.29) is 5.78 Å². The number of furan rings is 1. The molecule has 84 valence electrons. The molecular formula is C13H14O2S. The summed E-state index contributed by atoms with van der Waals surface area (Å²) in [5.41, 5.74) is 1.96. The Morgan fingerprint density at radius 1 is 1.44 bits per heavy atom. The topological polar surface area (TPSA) is 30.2 Å². The molecule has 16 heavy (non-hydrogen) atoms. The Kier molecular flexibility index (Phi) is 3.25. The molecule has 0 bridgehead atoms. The van der Waals surface area contributed by atoms with E-state index in [1.807, 2.05) is 25.3 Å². The van der Waals surface area contributed by atoms with Gasteiger partial charge in [0.25, 0.3) is 0 Å². The standard InChI is InChI=1S/C13H14O2S/c1-9-7-12(10(2)15-9)13(14)4-3-11-5-6-16-8-11/h5-8H,3-4H2,1-2H3. The summed E-state index contributed by atoms with van der Waals surface area (Å²) >= 11 is 1.66. The highest BCUT2D eigenvalue weighted by atomic mass is 32.1. The molecule has 0 fully saturated rings. The van der Waals surface area contributed by atoms with Crippen molar-refractivity contribution in [3.8, 4) is 0 Å². The molecule has 2 heterocycles. The van der Waals surface area contributed by atoms with Crippen molar-refractivity contribution in [2.24, 2.45) is 0 Å². The van der Waals surface area contributed by atoms with Gasteiger partial charge in [-0.2, -0.15) is 11.3 Å². The molecule has 2 rings (SSSR count). The molecule has 0 atom stereocenters. The zero-order chi connectivity index (χ0) is 11.5. The minimum Gasteiger partial charge on any atom is -0.466 e. The molecular weight excluding hydrogens is 220 g/mol. The quantitative estimate of drug-likeness (QED) is 0.754. The third kappa shape index (κ3) is 2.42. The fraction of sp³-hybridized carbons (Fsp3) is 0.308. The number of rotatable bonds is 4. The average Bonchev–Trinajstić information content (AvgIpc) is 2.84. The predicted octanol–water partition coefficient (Wildman–Crippen LogP) is 3.77. The lowest BCUT2D eigenvalue weighted by Crippen LogP contribution is -2.00. The lowest BCUT2D eigenvalue weighted by atomic mass is 10.1. The molecule has 2 aromatic rings. The van der Waals surface area contributed by atoms with Gasteiger partial charge in [0, 0.05) is 6.42 Å². The van der Waals surface area contributed by atoms with Gasteiger partial charge in [-0.3, -0.25) is 4.79 Å². The minimum absolute atomic E-state index is 0.167. The molecule has 0 amide bonds. The smallest absolute Gasteiger partial charge is 0.166 e. The van der Waals surface area contributed by atoms with Crippen LogP contribution in [0.25, 0.3) is 0 Å². The van der Waals surface area contributed by atoms with Crippen LogP contribution >= 0.6 is 11.3 Å². The summed E-state index contributed by atoms with van der Waals surface area (Å²) in [6.07, 6.45) is 1.36. The lowest BCUT2D eigenvalue weighted by Gasteiger charge is -1.97. The van der Waals surface area contributed by atoms with Crippen molar-refractivity contribution in [1.82, 2.24) is 0 Å². The molecule has 0 saturated carbocycles. The fourth-order valence-corrected chi connectivity index (χ4v) is 2.44. The highest BCUT2D eigenvalue weighted by Gasteiger charge is 2.13. The van der Waals surface area contributed by atoms with Crippen LogP contribution in [-0.4, -0.2) is 5.78 Å². The van der Waals surface area contributed by atoms with Gasteiger partial charge in [0.2, 0.25) is 0 Å². The second-order valence-corrected chi connectivity index (χ2v) is 4.66. The van der Waals surface area contributed by atoms with Crippen molar-refractivity contribution in [2.75, 3.05) is 0 Å². The first-order valence-corrected chi connectivity index (χ1v) is 6.22. The molecule has 0 spiro atoms. The van der Waals surface area contributed by atoms with Crippen molar-refractivity contribution in [3.63, 3.8) is 0 Å². The summed E-state index contributed by atoms with van der Waals surface area (Å²) in [5.74, 6) is 1.70. The highest BCUT2D eigenvalue weighted by Crippen LogP contribution is 2.17. The summed E-state index contributed by atoms with van der Waals surface area (Å²) in [6, 6.07) is 3.89. The van der Waals surface area contributed by atoms with E-state index in [1.165, 1.54) is 5.56 Å². The van der Waals surface area contributed by atoms with Gasteiger partial charge in [0.1, 0.15) is 11.5 Å². The molecule has 0 aliphatic heterocycles. The molecule has 0 radical (unpaired) electrons. The highest BCUT2D eigenvalue weighted by molar-refractivity contribution is 7.07. The van der Waals surface area contributed by atoms with Crippen molar-refractivity contribution in [3.05, 3.63) is 45.5 Å². The SMILES string of the molecule is Cc1cc(C(=O)CCc2ccsc2)c(C)o1. The molecule has 0 N–H and O–H groups in total. The Morgan fingerprint density at radius 2 is 2.25 bits per heavy atom. The third-order valence-corrected chi connectivity index (χ3v) is 3.29. The van der Waals surface area contributed by atoms with E-state index < -0.39 is 0 Å². The number of thiophene rings is 1. The molecule has 3 heteroatoms. The van der Waals surface area contributed by atoms with E-state index >= 15 is 0 Å². The van der Waals surface area contributed by atoms with Crippen LogP contribution in [0.15, 0.2) is 27.3 Å². The fourth-order valence-electron chi connectivity index (χ4n) is 1.74. The summed E-state index contributed by atoms with van der Waals surface area (Å²) in [5, 5.41) is 4.12. The van der Waals surface area contributed by atoms with Crippen LogP contribution in [0.5, 0.6) is 0 Å². The van der Waals surface area contributed by atoms with Crippen LogP contribution in [0, 0.1) is 13.8 Å². The first kappa shape index (κ1) is 11.1. The van der Waals surface area contributed by atoms with E-state index in [0.29, 0.717) is 6.42 Å². The zero-order valence-corrected chi connectivity index (χ0v) is 10.3. The molecule has 0 aliphatic rings. The van der Waals surface area contributed by atoms with Crippen LogP contribution < -0.4 is 0 Å². The second kappa shape index (κ2) is 4.66. The van der Waals surface area contributed by atoms with Gasteiger partial charge in [-0.25, -0.2) is 0 Å². The van der Waals surface area contributed by atoms with Gasteiger partial charge in [-0.15, -0.1) is 0 Å². The molecule has 2 nitrogen and oxygen atoms in total. The Hall–Kier alpha value is -1.35. The molecule has 0 unspecified atom stereocenters. The van der Waals surface area contributed by atoms with Gasteiger partial charge >= 0.3 is 0 Å². The van der Waals surface area contributed by atoms with Crippen LogP contribution in [0.4, 0.5) is 0 Å². The van der Waals surface area contributed by atoms with Gasteiger partial charge in [0.05, 0.1) is 5.56 Å². The number of carbonyl (C=O) groups is 1. The van der Waals surface area contributed by atoms with Crippen LogP contribution in [0.2, 0.25) is 0 Å². The summed E-state index contributed by atoms with van der Waals surface area (Å²) in [7, 11) is 0. The first-order chi connectivity index (χ1) is 7.66. The van der Waals surface area contributed by atoms with Crippen LogP contribution in [0.3, 0.4) is 0 Å². The lowest BCUT2D eigenvalue weighted by molar-refractivity contribution is 0.0981. The van der Waals surface area contributed by atoms with Crippen molar-refractivity contribution >= 4 is 17.1 Å². The van der Waals surface area contributed by atoms with E-state index in [9.17, 15) is 4.79 Å². The number of hydrogen-bond acceptors (Lipinski definition) is 3. The number of hydrogen-bond donors (Lipinski definition) is 0. The third-order valence-electron chi connectivity index (χ3n) is 2.56. The maximum absolute atomic E-state index is 11.9. The summed E-state index contributed by atoms with van der Waals surface area (Å²) in [6.45, 7) is 3.70. The number of carbonyl (C=O) groups excluding carboxylic acids is 1. The van der Waals surface area contributed by atoms with Gasteiger partial charge in [-0.05, 0) is 48.7 Å². The van der Waals surface area contributed by atoms with Crippen LogP contribution in [-0.2, 0) is 6.42 Å². The first-order valence-electron chi connectivity index (χ1n) is 5.28. The summed E-state index contributed by atoms with van der Waals surface area (Å²) < 4.78 is 5.35. The Bertz CT molecular complexity index is 480. The number of ketones is 1. The predicted molar refractivity (Wildman–Crippen MR) is 65.2 cm³/mol. The van der Waals surface area contributed by atoms with Gasteiger partial charge in [0.15, 0.2) is 5.78 Å². The van der Waals surface area contributed by atoms with Gasteiger partial charge < -0.3 is 4.42 Å². The van der Waals surface area contributed by atoms with Gasteiger partial charge in [-0.1, -0.05) is 0 Å². The van der Waals surface area contributed by atoms with E-state index in [2.05, 4.69) is 11.4 Å². The zero-order valence-electron chi connectivity index (χ0n) is 9.45. The van der Waals surface area contributed by atoms with Crippen molar-refractivity contribution in [1.29, 1.82) is 0 Å². The second-order valence-electron chi connectivity index (χ2n) is 3.88. The molecule has 0 aromatic carbocycles. The molecule has 0 aliphatic carbocycles. The van der Waals surface area contributed by atoms with E-state index in [0.717, 1.165) is 23.5 Å². The number of aryl methyl sites for hydroxylation is 3. The minimum atomic E-state index is 0.167. The van der Waals surface area contributed by atoms with Crippen molar-refractivity contribution in [2.45, 2.75) is 26.7 Å². The van der Waals surface area contributed by atoms with Crippen LogP contribution in [0.1, 0.15) is 33.9 Å². The Labute approximate surface area is 98.9 Å². The monoisotopic (exact) mass is 234 g/mol.